The van der Waals surface area contributed by atoms with Crippen molar-refractivity contribution in [3.63, 3.8) is 0 Å². The van der Waals surface area contributed by atoms with Crippen LogP contribution in [0.2, 0.25) is 0 Å². The van der Waals surface area contributed by atoms with E-state index in [0.29, 0.717) is 0 Å². The van der Waals surface area contributed by atoms with Gasteiger partial charge in [0.1, 0.15) is 0 Å². The van der Waals surface area contributed by atoms with E-state index in [1.165, 1.54) is 6.42 Å². The molecule has 1 aliphatic rings. The highest BCUT2D eigenvalue weighted by molar-refractivity contribution is 7.90. The lowest BCUT2D eigenvalue weighted by atomic mass is 9.96. The number of carbonyl (C=O) groups excluding carboxylic acids is 1. The van der Waals surface area contributed by atoms with Crippen LogP contribution in [0, 0.1) is 0 Å². The third-order valence-corrected chi connectivity index (χ3v) is 4.49. The van der Waals surface area contributed by atoms with E-state index in [9.17, 15) is 13.2 Å². The molecular formula is C10H16N4O3S2. The summed E-state index contributed by atoms with van der Waals surface area (Å²) >= 11 is 0.855. The number of anilines is 1. The van der Waals surface area contributed by atoms with Crippen molar-refractivity contribution >= 4 is 32.5 Å². The molecule has 0 saturated heterocycles. The Labute approximate surface area is 115 Å². The van der Waals surface area contributed by atoms with Gasteiger partial charge in [0, 0.05) is 23.8 Å². The van der Waals surface area contributed by atoms with Gasteiger partial charge in [0.15, 0.2) is 0 Å². The zero-order valence-corrected chi connectivity index (χ0v) is 12.2. The van der Waals surface area contributed by atoms with Crippen molar-refractivity contribution in [1.82, 2.24) is 14.7 Å². The van der Waals surface area contributed by atoms with Gasteiger partial charge in [-0.05, 0) is 12.8 Å². The Morgan fingerprint density at radius 3 is 2.58 bits per heavy atom. The highest BCUT2D eigenvalue weighted by atomic mass is 32.2. The van der Waals surface area contributed by atoms with E-state index in [-0.39, 0.29) is 22.4 Å². The molecule has 2 amide bonds. The van der Waals surface area contributed by atoms with Gasteiger partial charge in [0.05, 0.1) is 0 Å². The number of nitrogens with one attached hydrogen (secondary N) is 2. The summed E-state index contributed by atoms with van der Waals surface area (Å²) in [6.45, 7) is 0. The molecule has 0 atom stereocenters. The number of carbonyl (C=O) groups is 1. The van der Waals surface area contributed by atoms with E-state index < -0.39 is 9.84 Å². The molecule has 0 radical (unpaired) electrons. The van der Waals surface area contributed by atoms with E-state index in [1.54, 1.807) is 0 Å². The molecule has 0 unspecified atom stereocenters. The monoisotopic (exact) mass is 304 g/mol. The molecule has 1 saturated carbocycles. The Hall–Kier alpha value is -1.22. The van der Waals surface area contributed by atoms with Gasteiger partial charge in [-0.15, -0.1) is 0 Å². The average Bonchev–Trinajstić information content (AvgIpc) is 2.78. The summed E-state index contributed by atoms with van der Waals surface area (Å²) < 4.78 is 26.1. The van der Waals surface area contributed by atoms with Gasteiger partial charge in [-0.1, -0.05) is 19.3 Å². The van der Waals surface area contributed by atoms with Gasteiger partial charge >= 0.3 is 6.03 Å². The number of aromatic nitrogens is 2. The summed E-state index contributed by atoms with van der Waals surface area (Å²) in [5.41, 5.74) is 0. The molecule has 0 bridgehead atoms. The predicted molar refractivity (Wildman–Crippen MR) is 72.0 cm³/mol. The number of amides is 2. The molecule has 106 valence electrons. The van der Waals surface area contributed by atoms with Gasteiger partial charge in [-0.25, -0.2) is 13.2 Å². The predicted octanol–water partition coefficient (Wildman–Crippen LogP) is 1.40. The van der Waals surface area contributed by atoms with E-state index >= 15 is 0 Å². The molecular weight excluding hydrogens is 288 g/mol. The summed E-state index contributed by atoms with van der Waals surface area (Å²) in [6.07, 6.45) is 6.47. The molecule has 1 aromatic rings. The van der Waals surface area contributed by atoms with Crippen molar-refractivity contribution in [1.29, 1.82) is 0 Å². The zero-order valence-electron chi connectivity index (χ0n) is 10.5. The SMILES string of the molecule is CS(=O)(=O)c1nsc(NC(=O)NC2CCCCC2)n1. The van der Waals surface area contributed by atoms with E-state index in [1.807, 2.05) is 0 Å². The first-order valence-electron chi connectivity index (χ1n) is 6.06. The Kier molecular flexibility index (Phi) is 4.35. The summed E-state index contributed by atoms with van der Waals surface area (Å²) in [4.78, 5) is 15.5. The van der Waals surface area contributed by atoms with Gasteiger partial charge in [-0.2, -0.15) is 9.36 Å². The molecule has 7 nitrogen and oxygen atoms in total. The minimum absolute atomic E-state index is 0.189. The molecule has 2 rings (SSSR count). The van der Waals surface area contributed by atoms with Crippen LogP contribution in [0.5, 0.6) is 0 Å². The van der Waals surface area contributed by atoms with Crippen LogP contribution >= 0.6 is 11.5 Å². The average molecular weight is 304 g/mol. The molecule has 1 fully saturated rings. The quantitative estimate of drug-likeness (QED) is 0.879. The Balaban J connectivity index is 1.90. The fourth-order valence-electron chi connectivity index (χ4n) is 1.98. The minimum atomic E-state index is -3.43. The van der Waals surface area contributed by atoms with Crippen LogP contribution in [-0.4, -0.2) is 36.1 Å². The molecule has 1 aliphatic carbocycles. The van der Waals surface area contributed by atoms with Crippen molar-refractivity contribution in [3.8, 4) is 0 Å². The van der Waals surface area contributed by atoms with Crippen LogP contribution in [0.4, 0.5) is 9.93 Å². The first kappa shape index (κ1) is 14.2. The maximum Gasteiger partial charge on any atom is 0.321 e. The van der Waals surface area contributed by atoms with Crippen LogP contribution in [0.25, 0.3) is 0 Å². The first-order valence-corrected chi connectivity index (χ1v) is 8.73. The third-order valence-electron chi connectivity index (χ3n) is 2.90. The Bertz CT molecular complexity index is 549. The second kappa shape index (κ2) is 5.83. The standard InChI is InChI=1S/C10H16N4O3S2/c1-19(16,17)10-13-9(18-14-10)12-8(15)11-7-5-3-2-4-6-7/h7H,2-6H2,1H3,(H2,11,12,13,14,15). The molecule has 9 heteroatoms. The molecule has 0 aliphatic heterocycles. The summed E-state index contributed by atoms with van der Waals surface area (Å²) in [7, 11) is -3.43. The van der Waals surface area contributed by atoms with Crippen molar-refractivity contribution in [3.05, 3.63) is 0 Å². The van der Waals surface area contributed by atoms with Gasteiger partial charge in [0.2, 0.25) is 15.0 Å². The van der Waals surface area contributed by atoms with Crippen molar-refractivity contribution < 1.29 is 13.2 Å². The maximum atomic E-state index is 11.7. The summed E-state index contributed by atoms with van der Waals surface area (Å²) in [5, 5.41) is 5.30. The van der Waals surface area contributed by atoms with E-state index in [4.69, 9.17) is 0 Å². The smallest absolute Gasteiger partial charge is 0.321 e. The van der Waals surface area contributed by atoms with E-state index in [0.717, 1.165) is 43.5 Å². The fourth-order valence-corrected chi connectivity index (χ4v) is 3.42. The highest BCUT2D eigenvalue weighted by Gasteiger charge is 2.18. The van der Waals surface area contributed by atoms with Crippen molar-refractivity contribution in [2.24, 2.45) is 0 Å². The Morgan fingerprint density at radius 1 is 1.32 bits per heavy atom. The van der Waals surface area contributed by atoms with Crippen molar-refractivity contribution in [2.75, 3.05) is 11.6 Å². The number of rotatable bonds is 3. The van der Waals surface area contributed by atoms with Crippen molar-refractivity contribution in [2.45, 2.75) is 43.3 Å². The van der Waals surface area contributed by atoms with Crippen LogP contribution in [0.3, 0.4) is 0 Å². The molecule has 19 heavy (non-hydrogen) atoms. The molecule has 0 aromatic carbocycles. The van der Waals surface area contributed by atoms with Crippen LogP contribution in [0.15, 0.2) is 5.16 Å². The lowest BCUT2D eigenvalue weighted by molar-refractivity contribution is 0.244. The lowest BCUT2D eigenvalue weighted by Gasteiger charge is -2.22. The molecule has 1 heterocycles. The minimum Gasteiger partial charge on any atom is -0.335 e. The van der Waals surface area contributed by atoms with Gasteiger partial charge in [-0.3, -0.25) is 5.32 Å². The number of hydrogen-bond donors (Lipinski definition) is 2. The molecule has 0 spiro atoms. The summed E-state index contributed by atoms with van der Waals surface area (Å²) in [5.74, 6) is 0. The van der Waals surface area contributed by atoms with Crippen LogP contribution in [0.1, 0.15) is 32.1 Å². The van der Waals surface area contributed by atoms with Crippen LogP contribution in [-0.2, 0) is 9.84 Å². The number of hydrogen-bond acceptors (Lipinski definition) is 6. The number of sulfone groups is 1. The normalized spacial score (nSPS) is 17.1. The third kappa shape index (κ3) is 4.13. The maximum absolute atomic E-state index is 11.7. The number of nitrogens with zero attached hydrogens (tertiary/aromatic N) is 2. The first-order chi connectivity index (χ1) is 8.95. The fraction of sp³-hybridized carbons (Fsp3) is 0.700. The largest absolute Gasteiger partial charge is 0.335 e. The summed E-state index contributed by atoms with van der Waals surface area (Å²) in [6, 6.07) is -0.167. The van der Waals surface area contributed by atoms with Gasteiger partial charge < -0.3 is 5.32 Å². The second-order valence-electron chi connectivity index (χ2n) is 4.59. The zero-order chi connectivity index (χ0) is 13.9. The molecule has 1 aromatic heterocycles. The lowest BCUT2D eigenvalue weighted by Crippen LogP contribution is -2.39. The Morgan fingerprint density at radius 2 is 2.00 bits per heavy atom. The second-order valence-corrected chi connectivity index (χ2v) is 7.25. The topological polar surface area (TPSA) is 101 Å². The molecule has 2 N–H and O–H groups in total. The van der Waals surface area contributed by atoms with Gasteiger partial charge in [0.25, 0.3) is 5.16 Å². The van der Waals surface area contributed by atoms with E-state index in [2.05, 4.69) is 20.0 Å². The highest BCUT2D eigenvalue weighted by Crippen LogP contribution is 2.18. The van der Waals surface area contributed by atoms with Crippen LogP contribution < -0.4 is 10.6 Å². The number of urea groups is 1.